The second-order valence-electron chi connectivity index (χ2n) is 7.78. The standard InChI is InChI=1S/C24H23N7O/c32-24(27-21-11-5-4-10-20(21)18-7-2-1-3-8-18)19-9-6-14-30(15-19)22-12-13-23(29-28-22)31-17-25-16-26-31/h1-5,7-8,10-13,16-17,19H,6,9,14-15H2,(H,27,32)/t19-/m1/s1. The predicted octanol–water partition coefficient (Wildman–Crippen LogP) is 3.58. The third kappa shape index (κ3) is 4.20. The Bertz CT molecular complexity index is 1180. The Morgan fingerprint density at radius 2 is 1.72 bits per heavy atom. The second kappa shape index (κ2) is 8.97. The first-order chi connectivity index (χ1) is 15.8. The molecule has 8 nitrogen and oxygen atoms in total. The number of nitrogens with one attached hydrogen (secondary N) is 1. The van der Waals surface area contributed by atoms with Crippen molar-refractivity contribution in [3.05, 3.63) is 79.4 Å². The van der Waals surface area contributed by atoms with E-state index in [-0.39, 0.29) is 11.8 Å². The number of hydrogen-bond acceptors (Lipinski definition) is 6. The van der Waals surface area contributed by atoms with Crippen molar-refractivity contribution in [3.8, 4) is 16.9 Å². The topological polar surface area (TPSA) is 88.8 Å². The van der Waals surface area contributed by atoms with E-state index in [1.54, 1.807) is 11.0 Å². The summed E-state index contributed by atoms with van der Waals surface area (Å²) in [6, 6.07) is 21.8. The first-order valence-electron chi connectivity index (χ1n) is 10.7. The Balaban J connectivity index is 1.29. The van der Waals surface area contributed by atoms with Gasteiger partial charge in [-0.25, -0.2) is 9.67 Å². The fourth-order valence-corrected chi connectivity index (χ4v) is 4.03. The molecule has 0 aliphatic carbocycles. The van der Waals surface area contributed by atoms with Crippen molar-refractivity contribution in [2.45, 2.75) is 12.8 Å². The maximum atomic E-state index is 13.1. The van der Waals surface area contributed by atoms with Gasteiger partial charge < -0.3 is 10.2 Å². The molecule has 160 valence electrons. The number of benzene rings is 2. The zero-order chi connectivity index (χ0) is 21.8. The number of carbonyl (C=O) groups excluding carboxylic acids is 1. The summed E-state index contributed by atoms with van der Waals surface area (Å²) in [4.78, 5) is 19.2. The van der Waals surface area contributed by atoms with Crippen LogP contribution in [0.5, 0.6) is 0 Å². The van der Waals surface area contributed by atoms with Crippen LogP contribution in [0.2, 0.25) is 0 Å². The predicted molar refractivity (Wildman–Crippen MR) is 122 cm³/mol. The summed E-state index contributed by atoms with van der Waals surface area (Å²) < 4.78 is 1.56. The number of aromatic nitrogens is 5. The highest BCUT2D eigenvalue weighted by molar-refractivity contribution is 5.97. The van der Waals surface area contributed by atoms with Crippen LogP contribution < -0.4 is 10.2 Å². The SMILES string of the molecule is O=C(Nc1ccccc1-c1ccccc1)[C@@H]1CCCN(c2ccc(-n3cncn3)nn2)C1. The molecular formula is C24H23N7O. The lowest BCUT2D eigenvalue weighted by Crippen LogP contribution is -2.41. The van der Waals surface area contributed by atoms with Crippen molar-refractivity contribution in [2.75, 3.05) is 23.3 Å². The molecule has 1 amide bonds. The van der Waals surface area contributed by atoms with E-state index in [1.807, 2.05) is 54.6 Å². The van der Waals surface area contributed by atoms with E-state index < -0.39 is 0 Å². The Hall–Kier alpha value is -4.07. The number of piperidine rings is 1. The molecule has 1 aliphatic heterocycles. The molecule has 8 heteroatoms. The molecule has 0 radical (unpaired) electrons. The minimum Gasteiger partial charge on any atom is -0.354 e. The number of para-hydroxylation sites is 1. The molecule has 0 unspecified atom stereocenters. The molecule has 1 atom stereocenters. The summed E-state index contributed by atoms with van der Waals surface area (Å²) in [6.45, 7) is 1.46. The van der Waals surface area contributed by atoms with E-state index in [1.165, 1.54) is 6.33 Å². The van der Waals surface area contributed by atoms with Crippen molar-refractivity contribution < 1.29 is 4.79 Å². The highest BCUT2D eigenvalue weighted by Gasteiger charge is 2.27. The van der Waals surface area contributed by atoms with Crippen molar-refractivity contribution >= 4 is 17.4 Å². The van der Waals surface area contributed by atoms with Gasteiger partial charge in [0.1, 0.15) is 12.7 Å². The molecular weight excluding hydrogens is 402 g/mol. The molecule has 1 aliphatic rings. The number of nitrogens with zero attached hydrogens (tertiary/aromatic N) is 6. The third-order valence-electron chi connectivity index (χ3n) is 5.68. The van der Waals surface area contributed by atoms with Crippen LogP contribution in [-0.4, -0.2) is 44.0 Å². The Morgan fingerprint density at radius 1 is 0.938 bits per heavy atom. The van der Waals surface area contributed by atoms with Crippen molar-refractivity contribution in [2.24, 2.45) is 5.92 Å². The lowest BCUT2D eigenvalue weighted by atomic mass is 9.96. The largest absolute Gasteiger partial charge is 0.354 e. The van der Waals surface area contributed by atoms with Crippen LogP contribution >= 0.6 is 0 Å². The lowest BCUT2D eigenvalue weighted by Gasteiger charge is -2.32. The van der Waals surface area contributed by atoms with E-state index in [4.69, 9.17) is 0 Å². The van der Waals surface area contributed by atoms with Crippen LogP contribution in [0, 0.1) is 5.92 Å². The van der Waals surface area contributed by atoms with E-state index in [2.05, 4.69) is 42.6 Å². The van der Waals surface area contributed by atoms with Crippen LogP contribution in [0.4, 0.5) is 11.5 Å². The van der Waals surface area contributed by atoms with Crippen LogP contribution in [0.3, 0.4) is 0 Å². The highest BCUT2D eigenvalue weighted by Crippen LogP contribution is 2.29. The highest BCUT2D eigenvalue weighted by atomic mass is 16.1. The third-order valence-corrected chi connectivity index (χ3v) is 5.68. The molecule has 2 aromatic carbocycles. The molecule has 0 saturated carbocycles. The van der Waals surface area contributed by atoms with Gasteiger partial charge in [-0.2, -0.15) is 5.10 Å². The summed E-state index contributed by atoms with van der Waals surface area (Å²) >= 11 is 0. The smallest absolute Gasteiger partial charge is 0.229 e. The number of carbonyl (C=O) groups is 1. The van der Waals surface area contributed by atoms with Gasteiger partial charge in [-0.1, -0.05) is 48.5 Å². The first kappa shape index (κ1) is 19.9. The molecule has 1 fully saturated rings. The van der Waals surface area contributed by atoms with E-state index >= 15 is 0 Å². The van der Waals surface area contributed by atoms with Gasteiger partial charge in [-0.3, -0.25) is 4.79 Å². The van der Waals surface area contributed by atoms with Crippen LogP contribution in [-0.2, 0) is 4.79 Å². The zero-order valence-electron chi connectivity index (χ0n) is 17.5. The van der Waals surface area contributed by atoms with Gasteiger partial charge in [-0.05, 0) is 36.6 Å². The molecule has 2 aromatic heterocycles. The maximum Gasteiger partial charge on any atom is 0.229 e. The average Bonchev–Trinajstić information content (AvgIpc) is 3.40. The van der Waals surface area contributed by atoms with Crippen LogP contribution in [0.15, 0.2) is 79.4 Å². The van der Waals surface area contributed by atoms with Crippen molar-refractivity contribution in [1.82, 2.24) is 25.0 Å². The van der Waals surface area contributed by atoms with Gasteiger partial charge in [-0.15, -0.1) is 10.2 Å². The van der Waals surface area contributed by atoms with Gasteiger partial charge in [0, 0.05) is 24.3 Å². The monoisotopic (exact) mass is 425 g/mol. The Kier molecular flexibility index (Phi) is 5.57. The summed E-state index contributed by atoms with van der Waals surface area (Å²) in [7, 11) is 0. The van der Waals surface area contributed by atoms with Crippen LogP contribution in [0.1, 0.15) is 12.8 Å². The van der Waals surface area contributed by atoms with Gasteiger partial charge in [0.25, 0.3) is 0 Å². The first-order valence-corrected chi connectivity index (χ1v) is 10.7. The fraction of sp³-hybridized carbons (Fsp3) is 0.208. The summed E-state index contributed by atoms with van der Waals surface area (Å²) in [5, 5.41) is 15.8. The molecule has 1 saturated heterocycles. The molecule has 5 rings (SSSR count). The second-order valence-corrected chi connectivity index (χ2v) is 7.78. The van der Waals surface area contributed by atoms with Gasteiger partial charge >= 0.3 is 0 Å². The van der Waals surface area contributed by atoms with E-state index in [0.29, 0.717) is 12.4 Å². The van der Waals surface area contributed by atoms with Crippen LogP contribution in [0.25, 0.3) is 16.9 Å². The summed E-state index contributed by atoms with van der Waals surface area (Å²) in [6.07, 6.45) is 4.81. The number of rotatable bonds is 5. The average molecular weight is 425 g/mol. The van der Waals surface area contributed by atoms with Gasteiger partial charge in [0.2, 0.25) is 5.91 Å². The summed E-state index contributed by atoms with van der Waals surface area (Å²) in [5.74, 6) is 1.28. The van der Waals surface area contributed by atoms with Gasteiger partial charge in [0.15, 0.2) is 11.6 Å². The minimum absolute atomic E-state index is 0.0327. The van der Waals surface area contributed by atoms with Crippen molar-refractivity contribution in [3.63, 3.8) is 0 Å². The Morgan fingerprint density at radius 3 is 2.50 bits per heavy atom. The maximum absolute atomic E-state index is 13.1. The fourth-order valence-electron chi connectivity index (χ4n) is 4.03. The molecule has 0 spiro atoms. The molecule has 4 aromatic rings. The zero-order valence-corrected chi connectivity index (χ0v) is 17.5. The Labute approximate surface area is 185 Å². The molecule has 32 heavy (non-hydrogen) atoms. The number of hydrogen-bond donors (Lipinski definition) is 1. The number of anilines is 2. The van der Waals surface area contributed by atoms with Crippen molar-refractivity contribution in [1.29, 1.82) is 0 Å². The number of amides is 1. The molecule has 1 N–H and O–H groups in total. The molecule has 0 bridgehead atoms. The summed E-state index contributed by atoms with van der Waals surface area (Å²) in [5.41, 5.74) is 2.93. The van der Waals surface area contributed by atoms with Gasteiger partial charge in [0.05, 0.1) is 5.92 Å². The minimum atomic E-state index is -0.121. The normalized spacial score (nSPS) is 16.0. The quantitative estimate of drug-likeness (QED) is 0.526. The molecule has 3 heterocycles. The lowest BCUT2D eigenvalue weighted by molar-refractivity contribution is -0.120. The van der Waals surface area contributed by atoms with E-state index in [9.17, 15) is 4.79 Å². The van der Waals surface area contributed by atoms with E-state index in [0.717, 1.165) is 42.0 Å².